The normalized spacial score (nSPS) is 10.2. The van der Waals surface area contributed by atoms with Crippen LogP contribution in [-0.4, -0.2) is 27.9 Å². The van der Waals surface area contributed by atoms with Gasteiger partial charge >= 0.3 is 11.9 Å². The van der Waals surface area contributed by atoms with Crippen LogP contribution in [0.4, 0.5) is 11.4 Å². The van der Waals surface area contributed by atoms with Crippen LogP contribution in [0, 0.1) is 0 Å². The van der Waals surface area contributed by atoms with Crippen molar-refractivity contribution in [2.45, 2.75) is 0 Å². The van der Waals surface area contributed by atoms with Gasteiger partial charge in [-0.15, -0.1) is 0 Å². The van der Waals surface area contributed by atoms with Crippen LogP contribution in [0.25, 0.3) is 0 Å². The van der Waals surface area contributed by atoms with Crippen LogP contribution in [0.2, 0.25) is 0 Å². The third-order valence-corrected chi connectivity index (χ3v) is 3.11. The van der Waals surface area contributed by atoms with Crippen molar-refractivity contribution in [2.24, 2.45) is 0 Å². The Bertz CT molecular complexity index is 733. The predicted molar refractivity (Wildman–Crippen MR) is 79.1 cm³/mol. The van der Waals surface area contributed by atoms with E-state index in [4.69, 9.17) is 11.5 Å². The molecule has 2 rings (SSSR count). The molecule has 6 N–H and O–H groups in total. The Morgan fingerprint density at radius 1 is 0.727 bits per heavy atom. The average molecular weight is 300 g/mol. The first-order valence-electron chi connectivity index (χ1n) is 6.12. The van der Waals surface area contributed by atoms with Gasteiger partial charge in [0.05, 0.1) is 11.1 Å². The van der Waals surface area contributed by atoms with Gasteiger partial charge in [0.15, 0.2) is 5.78 Å². The molecule has 0 aliphatic carbocycles. The van der Waals surface area contributed by atoms with E-state index in [1.54, 1.807) is 0 Å². The summed E-state index contributed by atoms with van der Waals surface area (Å²) in [6, 6.07) is 8.08. The van der Waals surface area contributed by atoms with E-state index in [2.05, 4.69) is 0 Å². The van der Waals surface area contributed by atoms with E-state index in [-0.39, 0.29) is 33.6 Å². The molecule has 0 fully saturated rings. The fraction of sp³-hybridized carbons (Fsp3) is 0. The number of hydrogen-bond acceptors (Lipinski definition) is 5. The topological polar surface area (TPSA) is 144 Å². The molecule has 2 aromatic carbocycles. The van der Waals surface area contributed by atoms with Crippen LogP contribution in [0.3, 0.4) is 0 Å². The lowest BCUT2D eigenvalue weighted by atomic mass is 9.93. The standard InChI is InChI=1S/C15H12N2O5/c16-9-5-1-3-7(11(9)14(19)20)13(18)8-4-2-6-10(17)12(8)15(21)22/h1-6H,16-17H2,(H,19,20)(H,21,22). The predicted octanol–water partition coefficient (Wildman–Crippen LogP) is 1.48. The molecule has 22 heavy (non-hydrogen) atoms. The summed E-state index contributed by atoms with van der Waals surface area (Å²) in [4.78, 5) is 35.1. The molecular formula is C15H12N2O5. The molecule has 2 aromatic rings. The third kappa shape index (κ3) is 2.47. The smallest absolute Gasteiger partial charge is 0.338 e. The molecule has 0 heterocycles. The summed E-state index contributed by atoms with van der Waals surface area (Å²) in [6.07, 6.45) is 0. The molecule has 0 unspecified atom stereocenters. The van der Waals surface area contributed by atoms with Crippen molar-refractivity contribution in [1.82, 2.24) is 0 Å². The first-order valence-corrected chi connectivity index (χ1v) is 6.12. The summed E-state index contributed by atoms with van der Waals surface area (Å²) >= 11 is 0. The number of nitrogen functional groups attached to an aromatic ring is 2. The van der Waals surface area contributed by atoms with Crippen molar-refractivity contribution < 1.29 is 24.6 Å². The Kier molecular flexibility index (Phi) is 3.81. The molecule has 0 spiro atoms. The van der Waals surface area contributed by atoms with Gasteiger partial charge in [0, 0.05) is 22.5 Å². The molecular weight excluding hydrogens is 288 g/mol. The summed E-state index contributed by atoms with van der Waals surface area (Å²) < 4.78 is 0. The maximum absolute atomic E-state index is 12.6. The quantitative estimate of drug-likeness (QED) is 0.494. The maximum Gasteiger partial charge on any atom is 0.338 e. The number of hydrogen-bond donors (Lipinski definition) is 4. The van der Waals surface area contributed by atoms with E-state index in [9.17, 15) is 24.6 Å². The van der Waals surface area contributed by atoms with E-state index in [1.807, 2.05) is 0 Å². The minimum absolute atomic E-state index is 0.0841. The zero-order valence-corrected chi connectivity index (χ0v) is 11.2. The number of carbonyl (C=O) groups excluding carboxylic acids is 1. The molecule has 112 valence electrons. The lowest BCUT2D eigenvalue weighted by Crippen LogP contribution is -2.16. The summed E-state index contributed by atoms with van der Waals surface area (Å²) in [5.74, 6) is -3.51. The number of carboxylic acids is 2. The van der Waals surface area contributed by atoms with E-state index in [0.29, 0.717) is 0 Å². The van der Waals surface area contributed by atoms with E-state index in [0.717, 1.165) is 0 Å². The van der Waals surface area contributed by atoms with Crippen LogP contribution in [0.1, 0.15) is 36.6 Å². The highest BCUT2D eigenvalue weighted by atomic mass is 16.4. The van der Waals surface area contributed by atoms with Gasteiger partial charge in [0.2, 0.25) is 0 Å². The average Bonchev–Trinajstić information content (AvgIpc) is 2.45. The van der Waals surface area contributed by atoms with Crippen molar-refractivity contribution >= 4 is 29.1 Å². The number of anilines is 2. The molecule has 0 atom stereocenters. The van der Waals surface area contributed by atoms with Crippen LogP contribution in [0.5, 0.6) is 0 Å². The Morgan fingerprint density at radius 2 is 1.09 bits per heavy atom. The molecule has 0 aliphatic rings. The van der Waals surface area contributed by atoms with E-state index < -0.39 is 17.7 Å². The second-order valence-electron chi connectivity index (χ2n) is 4.48. The number of rotatable bonds is 4. The van der Waals surface area contributed by atoms with E-state index in [1.165, 1.54) is 36.4 Å². The summed E-state index contributed by atoms with van der Waals surface area (Å²) in [5.41, 5.74) is 9.89. The fourth-order valence-electron chi connectivity index (χ4n) is 2.14. The first-order chi connectivity index (χ1) is 10.3. The number of carbonyl (C=O) groups is 3. The first kappa shape index (κ1) is 15.0. The second-order valence-corrected chi connectivity index (χ2v) is 4.48. The Morgan fingerprint density at radius 3 is 1.41 bits per heavy atom. The summed E-state index contributed by atoms with van der Waals surface area (Å²) in [6.45, 7) is 0. The van der Waals surface area contributed by atoms with Crippen LogP contribution >= 0.6 is 0 Å². The van der Waals surface area contributed by atoms with Gasteiger partial charge in [0.1, 0.15) is 0 Å². The second kappa shape index (κ2) is 5.57. The zero-order valence-electron chi connectivity index (χ0n) is 11.2. The highest BCUT2D eigenvalue weighted by Gasteiger charge is 2.25. The van der Waals surface area contributed by atoms with Crippen molar-refractivity contribution in [3.8, 4) is 0 Å². The van der Waals surface area contributed by atoms with Crippen molar-refractivity contribution in [2.75, 3.05) is 11.5 Å². The van der Waals surface area contributed by atoms with Crippen LogP contribution in [-0.2, 0) is 0 Å². The lowest BCUT2D eigenvalue weighted by molar-refractivity contribution is 0.0687. The molecule has 0 amide bonds. The Balaban J connectivity index is 2.70. The number of benzene rings is 2. The molecule has 7 nitrogen and oxygen atoms in total. The Labute approximate surface area is 124 Å². The molecule has 0 aliphatic heterocycles. The minimum Gasteiger partial charge on any atom is -0.478 e. The van der Waals surface area contributed by atoms with Gasteiger partial charge in [-0.1, -0.05) is 24.3 Å². The van der Waals surface area contributed by atoms with Crippen molar-refractivity contribution in [3.05, 3.63) is 58.7 Å². The highest BCUT2D eigenvalue weighted by molar-refractivity contribution is 6.20. The SMILES string of the molecule is Nc1cccc(C(=O)c2cccc(N)c2C(=O)O)c1C(=O)O. The number of carboxylic acid groups (broad SMARTS) is 2. The monoisotopic (exact) mass is 300 g/mol. The van der Waals surface area contributed by atoms with Gasteiger partial charge < -0.3 is 21.7 Å². The molecule has 0 radical (unpaired) electrons. The van der Waals surface area contributed by atoms with Crippen LogP contribution in [0.15, 0.2) is 36.4 Å². The number of nitrogens with two attached hydrogens (primary N) is 2. The maximum atomic E-state index is 12.6. The van der Waals surface area contributed by atoms with Gasteiger partial charge in [0.25, 0.3) is 0 Å². The lowest BCUT2D eigenvalue weighted by Gasteiger charge is -2.11. The fourth-order valence-corrected chi connectivity index (χ4v) is 2.14. The van der Waals surface area contributed by atoms with Gasteiger partial charge in [-0.3, -0.25) is 4.79 Å². The molecule has 7 heteroatoms. The van der Waals surface area contributed by atoms with Gasteiger partial charge in [-0.2, -0.15) is 0 Å². The van der Waals surface area contributed by atoms with Gasteiger partial charge in [-0.25, -0.2) is 9.59 Å². The molecule has 0 aromatic heterocycles. The largest absolute Gasteiger partial charge is 0.478 e. The summed E-state index contributed by atoms with van der Waals surface area (Å²) in [5, 5.41) is 18.4. The van der Waals surface area contributed by atoms with E-state index >= 15 is 0 Å². The van der Waals surface area contributed by atoms with Gasteiger partial charge in [-0.05, 0) is 12.1 Å². The number of aromatic carboxylic acids is 2. The zero-order chi connectivity index (χ0) is 16.4. The molecule has 0 saturated heterocycles. The minimum atomic E-state index is -1.37. The van der Waals surface area contributed by atoms with Crippen LogP contribution < -0.4 is 11.5 Å². The molecule has 0 bridgehead atoms. The summed E-state index contributed by atoms with van der Waals surface area (Å²) in [7, 11) is 0. The molecule has 0 saturated carbocycles. The van der Waals surface area contributed by atoms with Crippen molar-refractivity contribution in [3.63, 3.8) is 0 Å². The van der Waals surface area contributed by atoms with Crippen molar-refractivity contribution in [1.29, 1.82) is 0 Å². The third-order valence-electron chi connectivity index (χ3n) is 3.11. The highest BCUT2D eigenvalue weighted by Crippen LogP contribution is 2.24. The number of ketones is 1. The Hall–Kier alpha value is -3.35.